The Labute approximate surface area is 100 Å². The van der Waals surface area contributed by atoms with Crippen LogP contribution in [0.5, 0.6) is 0 Å². The Kier molecular flexibility index (Phi) is 11.2. The summed E-state index contributed by atoms with van der Waals surface area (Å²) in [5.74, 6) is 0. The first kappa shape index (κ1) is 15.8. The van der Waals surface area contributed by atoms with Gasteiger partial charge in [-0.2, -0.15) is 0 Å². The molecular weight excluding hydrogens is 204 g/mol. The third kappa shape index (κ3) is 8.05. The van der Waals surface area contributed by atoms with Crippen LogP contribution in [0.2, 0.25) is 0 Å². The SMILES string of the molecule is CCOCCN(CCOCC)C(C)CNC. The second-order valence-electron chi connectivity index (χ2n) is 3.84. The lowest BCUT2D eigenvalue weighted by atomic mass is 10.2. The summed E-state index contributed by atoms with van der Waals surface area (Å²) in [5, 5.41) is 3.21. The van der Waals surface area contributed by atoms with Gasteiger partial charge in [-0.3, -0.25) is 4.90 Å². The van der Waals surface area contributed by atoms with Crippen LogP contribution in [0.1, 0.15) is 20.8 Å². The van der Waals surface area contributed by atoms with Crippen molar-refractivity contribution < 1.29 is 9.47 Å². The first-order valence-electron chi connectivity index (χ1n) is 6.30. The van der Waals surface area contributed by atoms with Crippen molar-refractivity contribution in [2.75, 3.05) is 53.1 Å². The van der Waals surface area contributed by atoms with Crippen LogP contribution >= 0.6 is 0 Å². The maximum atomic E-state index is 5.40. The van der Waals surface area contributed by atoms with Crippen LogP contribution in [-0.2, 0) is 9.47 Å². The smallest absolute Gasteiger partial charge is 0.0593 e. The lowest BCUT2D eigenvalue weighted by Gasteiger charge is -2.28. The molecule has 4 nitrogen and oxygen atoms in total. The second-order valence-corrected chi connectivity index (χ2v) is 3.84. The summed E-state index contributed by atoms with van der Waals surface area (Å²) in [6.45, 7) is 12.4. The fourth-order valence-electron chi connectivity index (χ4n) is 1.63. The number of nitrogens with one attached hydrogen (secondary N) is 1. The van der Waals surface area contributed by atoms with Crippen molar-refractivity contribution >= 4 is 0 Å². The number of ether oxygens (including phenoxy) is 2. The number of likely N-dealkylation sites (N-methyl/N-ethyl adjacent to an activating group) is 1. The molecule has 1 unspecified atom stereocenters. The second kappa shape index (κ2) is 11.3. The van der Waals surface area contributed by atoms with E-state index in [-0.39, 0.29) is 0 Å². The fraction of sp³-hybridized carbons (Fsp3) is 1.00. The van der Waals surface area contributed by atoms with Gasteiger partial charge in [-0.05, 0) is 27.8 Å². The van der Waals surface area contributed by atoms with Gasteiger partial charge in [0.2, 0.25) is 0 Å². The summed E-state index contributed by atoms with van der Waals surface area (Å²) in [4.78, 5) is 2.40. The molecule has 1 N–H and O–H groups in total. The van der Waals surface area contributed by atoms with Gasteiger partial charge < -0.3 is 14.8 Å². The van der Waals surface area contributed by atoms with E-state index in [4.69, 9.17) is 9.47 Å². The molecule has 0 spiro atoms. The summed E-state index contributed by atoms with van der Waals surface area (Å²) in [6.07, 6.45) is 0. The average molecular weight is 232 g/mol. The predicted octanol–water partition coefficient (Wildman–Crippen LogP) is 0.969. The van der Waals surface area contributed by atoms with Crippen molar-refractivity contribution in [2.45, 2.75) is 26.8 Å². The number of hydrogen-bond donors (Lipinski definition) is 1. The van der Waals surface area contributed by atoms with E-state index in [0.29, 0.717) is 6.04 Å². The highest BCUT2D eigenvalue weighted by Crippen LogP contribution is 1.98. The molecule has 0 amide bonds. The van der Waals surface area contributed by atoms with E-state index in [1.807, 2.05) is 20.9 Å². The van der Waals surface area contributed by atoms with E-state index >= 15 is 0 Å². The van der Waals surface area contributed by atoms with Gasteiger partial charge in [-0.1, -0.05) is 0 Å². The number of hydrogen-bond acceptors (Lipinski definition) is 4. The van der Waals surface area contributed by atoms with Crippen LogP contribution < -0.4 is 5.32 Å². The highest BCUT2D eigenvalue weighted by Gasteiger charge is 2.12. The minimum Gasteiger partial charge on any atom is -0.380 e. The molecule has 0 aliphatic carbocycles. The standard InChI is InChI=1S/C12H28N2O2/c1-5-15-9-7-14(8-10-16-6-2)12(3)11-13-4/h12-13H,5-11H2,1-4H3. The lowest BCUT2D eigenvalue weighted by molar-refractivity contribution is 0.0665. The van der Waals surface area contributed by atoms with E-state index < -0.39 is 0 Å². The molecule has 0 aromatic heterocycles. The summed E-state index contributed by atoms with van der Waals surface area (Å²) >= 11 is 0. The molecule has 0 aliphatic heterocycles. The van der Waals surface area contributed by atoms with Crippen molar-refractivity contribution in [1.29, 1.82) is 0 Å². The van der Waals surface area contributed by atoms with Crippen molar-refractivity contribution in [3.8, 4) is 0 Å². The van der Waals surface area contributed by atoms with Gasteiger partial charge in [-0.25, -0.2) is 0 Å². The zero-order valence-corrected chi connectivity index (χ0v) is 11.3. The van der Waals surface area contributed by atoms with E-state index in [1.54, 1.807) is 0 Å². The van der Waals surface area contributed by atoms with Crippen molar-refractivity contribution in [1.82, 2.24) is 10.2 Å². The Morgan fingerprint density at radius 2 is 1.56 bits per heavy atom. The minimum absolute atomic E-state index is 0.519. The first-order valence-corrected chi connectivity index (χ1v) is 6.30. The maximum absolute atomic E-state index is 5.40. The third-order valence-corrected chi connectivity index (χ3v) is 2.58. The molecule has 98 valence electrons. The van der Waals surface area contributed by atoms with Gasteiger partial charge in [0.15, 0.2) is 0 Å². The molecule has 0 rings (SSSR count). The van der Waals surface area contributed by atoms with E-state index in [2.05, 4.69) is 17.1 Å². The third-order valence-electron chi connectivity index (χ3n) is 2.58. The Morgan fingerprint density at radius 3 is 1.94 bits per heavy atom. The lowest BCUT2D eigenvalue weighted by Crippen LogP contribution is -2.43. The van der Waals surface area contributed by atoms with Crippen LogP contribution in [0.4, 0.5) is 0 Å². The molecule has 0 saturated carbocycles. The highest BCUT2D eigenvalue weighted by molar-refractivity contribution is 4.68. The highest BCUT2D eigenvalue weighted by atomic mass is 16.5. The van der Waals surface area contributed by atoms with E-state index in [0.717, 1.165) is 46.1 Å². The molecule has 0 bridgehead atoms. The van der Waals surface area contributed by atoms with Gasteiger partial charge in [-0.15, -0.1) is 0 Å². The minimum atomic E-state index is 0.519. The first-order chi connectivity index (χ1) is 7.76. The van der Waals surface area contributed by atoms with Crippen LogP contribution in [0.3, 0.4) is 0 Å². The number of rotatable bonds is 11. The molecule has 0 radical (unpaired) electrons. The molecular formula is C12H28N2O2. The normalized spacial score (nSPS) is 13.3. The Morgan fingerprint density at radius 1 is 1.06 bits per heavy atom. The molecule has 0 heterocycles. The van der Waals surface area contributed by atoms with Crippen LogP contribution in [0, 0.1) is 0 Å². The molecule has 0 aromatic carbocycles. The molecule has 0 aliphatic rings. The number of nitrogens with zero attached hydrogens (tertiary/aromatic N) is 1. The summed E-state index contributed by atoms with van der Waals surface area (Å²) < 4.78 is 10.8. The van der Waals surface area contributed by atoms with Gasteiger partial charge >= 0.3 is 0 Å². The van der Waals surface area contributed by atoms with Crippen LogP contribution in [0.15, 0.2) is 0 Å². The zero-order valence-electron chi connectivity index (χ0n) is 11.3. The van der Waals surface area contributed by atoms with Crippen molar-refractivity contribution in [3.63, 3.8) is 0 Å². The zero-order chi connectivity index (χ0) is 12.2. The van der Waals surface area contributed by atoms with Crippen molar-refractivity contribution in [3.05, 3.63) is 0 Å². The summed E-state index contributed by atoms with van der Waals surface area (Å²) in [5.41, 5.74) is 0. The largest absolute Gasteiger partial charge is 0.380 e. The molecule has 1 atom stereocenters. The van der Waals surface area contributed by atoms with E-state index in [9.17, 15) is 0 Å². The maximum Gasteiger partial charge on any atom is 0.0593 e. The quantitative estimate of drug-likeness (QED) is 0.538. The van der Waals surface area contributed by atoms with Gasteiger partial charge in [0.05, 0.1) is 13.2 Å². The summed E-state index contributed by atoms with van der Waals surface area (Å²) in [7, 11) is 1.99. The molecule has 16 heavy (non-hydrogen) atoms. The van der Waals surface area contributed by atoms with Crippen molar-refractivity contribution in [2.24, 2.45) is 0 Å². The topological polar surface area (TPSA) is 33.7 Å². The molecule has 0 saturated heterocycles. The molecule has 4 heteroatoms. The molecule has 0 aromatic rings. The van der Waals surface area contributed by atoms with E-state index in [1.165, 1.54) is 0 Å². The van der Waals surface area contributed by atoms with Gasteiger partial charge in [0, 0.05) is 38.9 Å². The molecule has 0 fully saturated rings. The Bertz CT molecular complexity index is 135. The van der Waals surface area contributed by atoms with Gasteiger partial charge in [0.25, 0.3) is 0 Å². The van der Waals surface area contributed by atoms with Crippen LogP contribution in [0.25, 0.3) is 0 Å². The Balaban J connectivity index is 3.84. The predicted molar refractivity (Wildman–Crippen MR) is 67.9 cm³/mol. The average Bonchev–Trinajstić information content (AvgIpc) is 2.28. The Hall–Kier alpha value is -0.160. The fourth-order valence-corrected chi connectivity index (χ4v) is 1.63. The van der Waals surface area contributed by atoms with Crippen LogP contribution in [-0.4, -0.2) is 64.1 Å². The van der Waals surface area contributed by atoms with Gasteiger partial charge in [0.1, 0.15) is 0 Å². The summed E-state index contributed by atoms with van der Waals surface area (Å²) in [6, 6.07) is 0.519. The monoisotopic (exact) mass is 232 g/mol.